The zero-order valence-corrected chi connectivity index (χ0v) is 22.4. The lowest BCUT2D eigenvalue weighted by Gasteiger charge is -2.25. The molecule has 1 aliphatic heterocycles. The van der Waals surface area contributed by atoms with Gasteiger partial charge in [-0.3, -0.25) is 9.78 Å². The van der Waals surface area contributed by atoms with Gasteiger partial charge in [0.2, 0.25) is 5.91 Å². The van der Waals surface area contributed by atoms with E-state index in [1.807, 2.05) is 73.3 Å². The second kappa shape index (κ2) is 11.1. The molecule has 3 N–H and O–H groups in total. The molecular formula is C30H28N4O4S. The Bertz CT molecular complexity index is 1520. The van der Waals surface area contributed by atoms with Gasteiger partial charge in [-0.2, -0.15) is 0 Å². The van der Waals surface area contributed by atoms with Crippen LogP contribution < -0.4 is 10.6 Å². The maximum Gasteiger partial charge on any atom is 0.335 e. The molecule has 8 nitrogen and oxygen atoms in total. The second-order valence-corrected chi connectivity index (χ2v) is 9.91. The van der Waals surface area contributed by atoms with Crippen LogP contribution >= 0.6 is 12.2 Å². The van der Waals surface area contributed by atoms with Crippen molar-refractivity contribution in [2.45, 2.75) is 32.4 Å². The first kappa shape index (κ1) is 26.1. The van der Waals surface area contributed by atoms with Gasteiger partial charge in [0.25, 0.3) is 0 Å². The van der Waals surface area contributed by atoms with Gasteiger partial charge in [-0.1, -0.05) is 29.8 Å². The number of carboxylic acids is 1. The molecule has 0 spiro atoms. The van der Waals surface area contributed by atoms with Crippen LogP contribution in [0.5, 0.6) is 0 Å². The predicted molar refractivity (Wildman–Crippen MR) is 152 cm³/mol. The number of aromatic nitrogens is 1. The molecule has 0 unspecified atom stereocenters. The highest BCUT2D eigenvalue weighted by atomic mass is 32.1. The van der Waals surface area contributed by atoms with Crippen molar-refractivity contribution < 1.29 is 19.1 Å². The van der Waals surface area contributed by atoms with Crippen LogP contribution in [0.15, 0.2) is 83.4 Å². The average Bonchev–Trinajstić information content (AvgIpc) is 3.53. The van der Waals surface area contributed by atoms with Gasteiger partial charge >= 0.3 is 5.97 Å². The van der Waals surface area contributed by atoms with E-state index in [0.717, 1.165) is 28.1 Å². The number of nitrogens with one attached hydrogen (secondary N) is 2. The number of carboxylic acid groups (broad SMARTS) is 1. The molecule has 39 heavy (non-hydrogen) atoms. The summed E-state index contributed by atoms with van der Waals surface area (Å²) < 4.78 is 6.36. The van der Waals surface area contributed by atoms with Gasteiger partial charge in [0.15, 0.2) is 5.11 Å². The minimum Gasteiger partial charge on any atom is -0.478 e. The third-order valence-electron chi connectivity index (χ3n) is 6.77. The first-order valence-electron chi connectivity index (χ1n) is 12.6. The summed E-state index contributed by atoms with van der Waals surface area (Å²) in [6, 6.07) is 21.5. The van der Waals surface area contributed by atoms with Crippen LogP contribution in [-0.2, 0) is 4.79 Å². The molecule has 1 amide bonds. The van der Waals surface area contributed by atoms with E-state index in [9.17, 15) is 14.7 Å². The molecule has 1 aliphatic rings. The molecule has 0 saturated carbocycles. The van der Waals surface area contributed by atoms with Gasteiger partial charge in [-0.25, -0.2) is 4.79 Å². The summed E-state index contributed by atoms with van der Waals surface area (Å²) in [4.78, 5) is 30.6. The number of carbonyl (C=O) groups excluding carboxylic acids is 1. The van der Waals surface area contributed by atoms with Gasteiger partial charge in [0, 0.05) is 30.4 Å². The number of nitrogens with zero attached hydrogens (tertiary/aromatic N) is 2. The van der Waals surface area contributed by atoms with Gasteiger partial charge in [0.05, 0.1) is 17.3 Å². The molecule has 0 radical (unpaired) electrons. The third kappa shape index (κ3) is 5.68. The number of rotatable bonds is 8. The lowest BCUT2D eigenvalue weighted by molar-refractivity contribution is -0.116. The van der Waals surface area contributed by atoms with E-state index in [2.05, 4.69) is 15.6 Å². The number of benzene rings is 2. The van der Waals surface area contributed by atoms with E-state index < -0.39 is 5.97 Å². The Morgan fingerprint density at radius 3 is 2.56 bits per heavy atom. The predicted octanol–water partition coefficient (Wildman–Crippen LogP) is 5.66. The molecule has 9 heteroatoms. The van der Waals surface area contributed by atoms with Crippen LogP contribution in [0.4, 0.5) is 5.69 Å². The maximum atomic E-state index is 12.8. The number of carbonyl (C=O) groups is 2. The Labute approximate surface area is 231 Å². The minimum absolute atomic E-state index is 0.115. The van der Waals surface area contributed by atoms with Crippen molar-refractivity contribution in [2.75, 3.05) is 11.9 Å². The fourth-order valence-electron chi connectivity index (χ4n) is 4.77. The van der Waals surface area contributed by atoms with E-state index in [1.54, 1.807) is 24.4 Å². The van der Waals surface area contributed by atoms with Crippen LogP contribution in [0.3, 0.4) is 0 Å². The molecule has 5 rings (SSSR count). The molecule has 4 aromatic rings. The summed E-state index contributed by atoms with van der Waals surface area (Å²) >= 11 is 5.71. The van der Waals surface area contributed by atoms with E-state index in [0.29, 0.717) is 23.2 Å². The number of hydrogen-bond donors (Lipinski definition) is 3. The molecule has 1 fully saturated rings. The van der Waals surface area contributed by atoms with Crippen molar-refractivity contribution in [3.63, 3.8) is 0 Å². The largest absolute Gasteiger partial charge is 0.478 e. The van der Waals surface area contributed by atoms with Gasteiger partial charge in [-0.05, 0) is 80.2 Å². The molecule has 0 bridgehead atoms. The fraction of sp³-hybridized carbons (Fsp3) is 0.200. The van der Waals surface area contributed by atoms with E-state index in [-0.39, 0.29) is 30.0 Å². The molecule has 2 atom stereocenters. The van der Waals surface area contributed by atoms with Crippen LogP contribution in [0.1, 0.15) is 51.4 Å². The minimum atomic E-state index is -0.976. The summed E-state index contributed by atoms with van der Waals surface area (Å²) in [6.07, 6.45) is 1.96. The standard InChI is InChI=1S/C30H28N4O4S/c1-18-6-9-21(10-7-18)32-26(35)14-16-34-28(27(33-30(34)39)23-5-3-4-15-31-23)25-13-12-24(38-25)22-11-8-20(29(36)37)17-19(22)2/h3-13,15,17,27-28H,14,16H2,1-2H3,(H,32,35)(H,33,39)(H,36,37)/t27-,28-/m0/s1. The van der Waals surface area contributed by atoms with Crippen LogP contribution in [-0.4, -0.2) is 38.5 Å². The Kier molecular flexibility index (Phi) is 7.42. The second-order valence-electron chi connectivity index (χ2n) is 9.52. The SMILES string of the molecule is Cc1ccc(NC(=O)CCN2C(=S)N[C@@H](c3ccccn3)[C@@H]2c2ccc(-c3ccc(C(=O)O)cc3C)o2)cc1. The number of aryl methyl sites for hydroxylation is 2. The van der Waals surface area contributed by atoms with Gasteiger partial charge in [0.1, 0.15) is 17.6 Å². The Hall–Kier alpha value is -4.50. The molecule has 0 aliphatic carbocycles. The zero-order chi connectivity index (χ0) is 27.5. The molecule has 2 aromatic heterocycles. The highest BCUT2D eigenvalue weighted by Gasteiger charge is 2.41. The molecule has 3 heterocycles. The molecular weight excluding hydrogens is 512 g/mol. The summed E-state index contributed by atoms with van der Waals surface area (Å²) in [7, 11) is 0. The van der Waals surface area contributed by atoms with Crippen molar-refractivity contribution in [3.05, 3.63) is 107 Å². The first-order valence-corrected chi connectivity index (χ1v) is 13.0. The number of anilines is 1. The maximum absolute atomic E-state index is 12.8. The average molecular weight is 541 g/mol. The van der Waals surface area contributed by atoms with Crippen molar-refractivity contribution in [3.8, 4) is 11.3 Å². The Morgan fingerprint density at radius 1 is 1.08 bits per heavy atom. The molecule has 1 saturated heterocycles. The van der Waals surface area contributed by atoms with E-state index in [1.165, 1.54) is 0 Å². The van der Waals surface area contributed by atoms with Crippen LogP contribution in [0.2, 0.25) is 0 Å². The third-order valence-corrected chi connectivity index (χ3v) is 7.12. The highest BCUT2D eigenvalue weighted by Crippen LogP contribution is 2.40. The number of hydrogen-bond acceptors (Lipinski definition) is 5. The fourth-order valence-corrected chi connectivity index (χ4v) is 5.10. The smallest absolute Gasteiger partial charge is 0.335 e. The summed E-state index contributed by atoms with van der Waals surface area (Å²) in [5, 5.41) is 16.1. The molecule has 198 valence electrons. The topological polar surface area (TPSA) is 108 Å². The van der Waals surface area contributed by atoms with Crippen LogP contribution in [0.25, 0.3) is 11.3 Å². The summed E-state index contributed by atoms with van der Waals surface area (Å²) in [6.45, 7) is 4.23. The monoisotopic (exact) mass is 540 g/mol. The Balaban J connectivity index is 1.41. The normalized spacial score (nSPS) is 16.7. The van der Waals surface area contributed by atoms with Crippen molar-refractivity contribution in [2.24, 2.45) is 0 Å². The number of pyridine rings is 1. The first-order chi connectivity index (χ1) is 18.8. The number of amides is 1. The van der Waals surface area contributed by atoms with E-state index in [4.69, 9.17) is 16.6 Å². The lowest BCUT2D eigenvalue weighted by atomic mass is 10.0. The van der Waals surface area contributed by atoms with Crippen LogP contribution in [0, 0.1) is 13.8 Å². The highest BCUT2D eigenvalue weighted by molar-refractivity contribution is 7.80. The summed E-state index contributed by atoms with van der Waals surface area (Å²) in [5.41, 5.74) is 4.49. The number of thiocarbonyl (C=S) groups is 1. The quantitative estimate of drug-likeness (QED) is 0.246. The van der Waals surface area contributed by atoms with Crippen molar-refractivity contribution >= 4 is 34.9 Å². The number of aromatic carboxylic acids is 1. The van der Waals surface area contributed by atoms with Crippen molar-refractivity contribution in [1.29, 1.82) is 0 Å². The van der Waals surface area contributed by atoms with Crippen molar-refractivity contribution in [1.82, 2.24) is 15.2 Å². The van der Waals surface area contributed by atoms with Gasteiger partial charge in [-0.15, -0.1) is 0 Å². The molecule has 2 aromatic carbocycles. The number of furan rings is 1. The Morgan fingerprint density at radius 2 is 1.87 bits per heavy atom. The zero-order valence-electron chi connectivity index (χ0n) is 21.5. The van der Waals surface area contributed by atoms with E-state index >= 15 is 0 Å². The van der Waals surface area contributed by atoms with Gasteiger partial charge < -0.3 is 25.1 Å². The summed E-state index contributed by atoms with van der Waals surface area (Å²) in [5.74, 6) is 0.189. The lowest BCUT2D eigenvalue weighted by Crippen LogP contribution is -2.32.